The molecular formula is C14H16N6O3. The zero-order chi connectivity index (χ0) is 16.3. The summed E-state index contributed by atoms with van der Waals surface area (Å²) in [6, 6.07) is 0. The first-order valence-corrected chi connectivity index (χ1v) is 7.04. The molecule has 2 atom stereocenters. The Morgan fingerprint density at radius 1 is 1.26 bits per heavy atom. The molecule has 2 aromatic rings. The van der Waals surface area contributed by atoms with Crippen LogP contribution < -0.4 is 10.2 Å². The van der Waals surface area contributed by atoms with Crippen LogP contribution in [0.5, 0.6) is 0 Å². The van der Waals surface area contributed by atoms with E-state index in [0.29, 0.717) is 5.82 Å². The van der Waals surface area contributed by atoms with Gasteiger partial charge < -0.3 is 20.4 Å². The van der Waals surface area contributed by atoms with E-state index in [2.05, 4.69) is 25.3 Å². The average Bonchev–Trinajstić information content (AvgIpc) is 2.90. The topological polar surface area (TPSA) is 124 Å². The van der Waals surface area contributed by atoms with E-state index in [1.807, 2.05) is 0 Å². The molecule has 0 bridgehead atoms. The fraction of sp³-hybridized carbons (Fsp3) is 0.357. The minimum absolute atomic E-state index is 0.111. The molecule has 120 valence electrons. The fourth-order valence-electron chi connectivity index (χ4n) is 2.42. The van der Waals surface area contributed by atoms with Gasteiger partial charge in [0, 0.05) is 31.3 Å². The van der Waals surface area contributed by atoms with Crippen molar-refractivity contribution in [1.29, 1.82) is 0 Å². The first kappa shape index (κ1) is 15.3. The van der Waals surface area contributed by atoms with E-state index in [1.165, 1.54) is 24.8 Å². The van der Waals surface area contributed by atoms with Crippen LogP contribution in [0.2, 0.25) is 0 Å². The maximum absolute atomic E-state index is 12.0. The van der Waals surface area contributed by atoms with Crippen molar-refractivity contribution < 1.29 is 15.0 Å². The van der Waals surface area contributed by atoms with Gasteiger partial charge in [-0.1, -0.05) is 0 Å². The van der Waals surface area contributed by atoms with Crippen molar-refractivity contribution in [2.24, 2.45) is 0 Å². The third-order valence-electron chi connectivity index (χ3n) is 3.70. The van der Waals surface area contributed by atoms with E-state index in [0.717, 1.165) is 0 Å². The SMILES string of the molecule is O=C(NC[C@]1(O)CN(c2cnccn2)C[C@H]1O)c1cnccn1. The summed E-state index contributed by atoms with van der Waals surface area (Å²) in [6.07, 6.45) is 7.81. The Morgan fingerprint density at radius 2 is 2.00 bits per heavy atom. The van der Waals surface area contributed by atoms with Crippen LogP contribution >= 0.6 is 0 Å². The van der Waals surface area contributed by atoms with Crippen molar-refractivity contribution >= 4 is 11.7 Å². The molecule has 1 fully saturated rings. The highest BCUT2D eigenvalue weighted by atomic mass is 16.3. The first-order valence-electron chi connectivity index (χ1n) is 7.04. The molecule has 1 amide bonds. The fourth-order valence-corrected chi connectivity index (χ4v) is 2.42. The Bertz CT molecular complexity index is 671. The molecule has 9 nitrogen and oxygen atoms in total. The summed E-state index contributed by atoms with van der Waals surface area (Å²) in [5.41, 5.74) is -1.33. The molecule has 0 spiro atoms. The van der Waals surface area contributed by atoms with Crippen molar-refractivity contribution in [3.63, 3.8) is 0 Å². The highest BCUT2D eigenvalue weighted by Crippen LogP contribution is 2.25. The third-order valence-corrected chi connectivity index (χ3v) is 3.70. The van der Waals surface area contributed by atoms with Crippen molar-refractivity contribution in [2.45, 2.75) is 11.7 Å². The summed E-state index contributed by atoms with van der Waals surface area (Å²) >= 11 is 0. The van der Waals surface area contributed by atoms with Gasteiger partial charge in [-0.2, -0.15) is 0 Å². The number of nitrogens with zero attached hydrogens (tertiary/aromatic N) is 5. The van der Waals surface area contributed by atoms with Gasteiger partial charge in [-0.3, -0.25) is 14.8 Å². The number of hydrogen-bond donors (Lipinski definition) is 3. The van der Waals surface area contributed by atoms with Gasteiger partial charge in [0.15, 0.2) is 0 Å². The van der Waals surface area contributed by atoms with Gasteiger partial charge in [0.25, 0.3) is 5.91 Å². The molecule has 3 heterocycles. The largest absolute Gasteiger partial charge is 0.388 e. The van der Waals surface area contributed by atoms with Crippen LogP contribution in [0.1, 0.15) is 10.5 Å². The molecule has 1 aliphatic rings. The number of carbonyl (C=O) groups is 1. The highest BCUT2D eigenvalue weighted by molar-refractivity contribution is 5.91. The second-order valence-electron chi connectivity index (χ2n) is 5.34. The van der Waals surface area contributed by atoms with Crippen molar-refractivity contribution in [3.05, 3.63) is 42.9 Å². The Balaban J connectivity index is 1.64. The number of aliphatic hydroxyl groups excluding tert-OH is 1. The van der Waals surface area contributed by atoms with Crippen LogP contribution in [0.3, 0.4) is 0 Å². The van der Waals surface area contributed by atoms with Crippen LogP contribution in [0, 0.1) is 0 Å². The van der Waals surface area contributed by atoms with Gasteiger partial charge in [-0.15, -0.1) is 0 Å². The number of nitrogens with one attached hydrogen (secondary N) is 1. The summed E-state index contributed by atoms with van der Waals surface area (Å²) in [7, 11) is 0. The monoisotopic (exact) mass is 316 g/mol. The van der Waals surface area contributed by atoms with E-state index in [4.69, 9.17) is 0 Å². The van der Waals surface area contributed by atoms with Gasteiger partial charge in [0.1, 0.15) is 23.2 Å². The van der Waals surface area contributed by atoms with Gasteiger partial charge in [-0.25, -0.2) is 9.97 Å². The van der Waals surface area contributed by atoms with Crippen LogP contribution in [-0.2, 0) is 0 Å². The zero-order valence-corrected chi connectivity index (χ0v) is 12.2. The Morgan fingerprint density at radius 3 is 2.65 bits per heavy atom. The first-order chi connectivity index (χ1) is 11.1. The molecule has 0 aromatic carbocycles. The van der Waals surface area contributed by atoms with Crippen LogP contribution in [0.15, 0.2) is 37.2 Å². The summed E-state index contributed by atoms with van der Waals surface area (Å²) in [4.78, 5) is 29.5. The number of aromatic nitrogens is 4. The smallest absolute Gasteiger partial charge is 0.271 e. The van der Waals surface area contributed by atoms with Crippen molar-refractivity contribution in [1.82, 2.24) is 25.3 Å². The van der Waals surface area contributed by atoms with Crippen molar-refractivity contribution in [2.75, 3.05) is 24.5 Å². The number of carbonyl (C=O) groups excluding carboxylic acids is 1. The number of anilines is 1. The Labute approximate surface area is 132 Å². The van der Waals surface area contributed by atoms with Crippen molar-refractivity contribution in [3.8, 4) is 0 Å². The molecule has 0 radical (unpaired) electrons. The third kappa shape index (κ3) is 3.25. The number of rotatable bonds is 4. The highest BCUT2D eigenvalue weighted by Gasteiger charge is 2.45. The second kappa shape index (κ2) is 6.23. The number of amides is 1. The standard InChI is InChI=1S/C14H16N6O3/c21-11-7-20(12-6-16-2-4-18-12)9-14(11,23)8-19-13(22)10-5-15-1-3-17-10/h1-6,11,21,23H,7-9H2,(H,19,22)/t11-,14+/m1/s1. The molecule has 3 rings (SSSR count). The predicted molar refractivity (Wildman–Crippen MR) is 79.6 cm³/mol. The lowest BCUT2D eigenvalue weighted by molar-refractivity contribution is -0.0364. The molecule has 9 heteroatoms. The lowest BCUT2D eigenvalue weighted by atomic mass is 10.0. The summed E-state index contributed by atoms with van der Waals surface area (Å²) in [5, 5.41) is 23.3. The molecule has 1 aliphatic heterocycles. The quantitative estimate of drug-likeness (QED) is 0.629. The second-order valence-corrected chi connectivity index (χ2v) is 5.34. The molecular weight excluding hydrogens is 300 g/mol. The van der Waals surface area contributed by atoms with Crippen LogP contribution in [0.25, 0.3) is 0 Å². The maximum Gasteiger partial charge on any atom is 0.271 e. The summed E-state index contributed by atoms with van der Waals surface area (Å²) in [5.74, 6) is 0.0967. The number of hydrogen-bond acceptors (Lipinski definition) is 8. The molecule has 23 heavy (non-hydrogen) atoms. The molecule has 0 unspecified atom stereocenters. The van der Waals surface area contributed by atoms with Gasteiger partial charge in [0.2, 0.25) is 0 Å². The normalized spacial score (nSPS) is 23.7. The van der Waals surface area contributed by atoms with Gasteiger partial charge >= 0.3 is 0 Å². The molecule has 1 saturated heterocycles. The molecule has 0 aliphatic carbocycles. The predicted octanol–water partition coefficient (Wildman–Crippen LogP) is -1.39. The minimum atomic E-state index is -1.48. The zero-order valence-electron chi connectivity index (χ0n) is 12.2. The van der Waals surface area contributed by atoms with E-state index in [9.17, 15) is 15.0 Å². The summed E-state index contributed by atoms with van der Waals surface area (Å²) < 4.78 is 0. The van der Waals surface area contributed by atoms with Crippen LogP contribution in [-0.4, -0.2) is 67.4 Å². The summed E-state index contributed by atoms with van der Waals surface area (Å²) in [6.45, 7) is 0.226. The van der Waals surface area contributed by atoms with E-state index in [-0.39, 0.29) is 25.3 Å². The van der Waals surface area contributed by atoms with Crippen LogP contribution in [0.4, 0.5) is 5.82 Å². The lowest BCUT2D eigenvalue weighted by Gasteiger charge is -2.26. The van der Waals surface area contributed by atoms with E-state index in [1.54, 1.807) is 17.3 Å². The number of aliphatic hydroxyl groups is 2. The number of β-amino-alcohol motifs (C(OH)–C–C–N with tert-alkyl or cyclic N) is 2. The molecule has 0 saturated carbocycles. The van der Waals surface area contributed by atoms with Gasteiger partial charge in [-0.05, 0) is 0 Å². The Kier molecular flexibility index (Phi) is 4.13. The molecule has 3 N–H and O–H groups in total. The van der Waals surface area contributed by atoms with E-state index >= 15 is 0 Å². The molecule has 2 aromatic heterocycles. The maximum atomic E-state index is 12.0. The minimum Gasteiger partial charge on any atom is -0.388 e. The van der Waals surface area contributed by atoms with E-state index < -0.39 is 17.6 Å². The Hall–Kier alpha value is -2.65. The van der Waals surface area contributed by atoms with Gasteiger partial charge in [0.05, 0.1) is 25.5 Å². The average molecular weight is 316 g/mol. The lowest BCUT2D eigenvalue weighted by Crippen LogP contribution is -2.51.